The quantitative estimate of drug-likeness (QED) is 0.909. The largest absolute Gasteiger partial charge is 0.475 e. The zero-order chi connectivity index (χ0) is 13.2. The molecule has 0 radical (unpaired) electrons. The van der Waals surface area contributed by atoms with Gasteiger partial charge in [-0.15, -0.1) is 0 Å². The molecule has 18 heavy (non-hydrogen) atoms. The smallest absolute Gasteiger partial charge is 0.371 e. The second-order valence-electron chi connectivity index (χ2n) is 3.62. The van der Waals surface area contributed by atoms with E-state index in [0.29, 0.717) is 6.42 Å². The van der Waals surface area contributed by atoms with E-state index in [0.717, 1.165) is 11.6 Å². The maximum absolute atomic E-state index is 11.9. The van der Waals surface area contributed by atoms with Crippen LogP contribution in [0.25, 0.3) is 0 Å². The van der Waals surface area contributed by atoms with E-state index in [1.807, 2.05) is 16.8 Å². The number of carboxylic acid groups (broad SMARTS) is 1. The number of aromatic carboxylic acids is 1. The van der Waals surface area contributed by atoms with Crippen molar-refractivity contribution in [2.75, 3.05) is 5.75 Å². The molecule has 2 aromatic heterocycles. The van der Waals surface area contributed by atoms with E-state index in [4.69, 9.17) is 9.52 Å². The van der Waals surface area contributed by atoms with Crippen molar-refractivity contribution in [2.24, 2.45) is 0 Å². The highest BCUT2D eigenvalue weighted by Gasteiger charge is 2.20. The number of hydrogen-bond acceptors (Lipinski definition) is 5. The van der Waals surface area contributed by atoms with Crippen LogP contribution in [0.4, 0.5) is 0 Å². The summed E-state index contributed by atoms with van der Waals surface area (Å²) in [7, 11) is -3.57. The van der Waals surface area contributed by atoms with Crippen LogP contribution < -0.4 is 0 Å². The second kappa shape index (κ2) is 4.95. The molecule has 0 fully saturated rings. The minimum Gasteiger partial charge on any atom is -0.475 e. The van der Waals surface area contributed by atoms with Gasteiger partial charge >= 0.3 is 5.97 Å². The number of thiophene rings is 1. The number of hydrogen-bond donors (Lipinski definition) is 1. The highest BCUT2D eigenvalue weighted by Crippen LogP contribution is 2.17. The average Bonchev–Trinajstić information content (AvgIpc) is 2.98. The number of carboxylic acids is 1. The molecule has 0 aliphatic carbocycles. The molecule has 2 aromatic rings. The van der Waals surface area contributed by atoms with Crippen molar-refractivity contribution in [3.8, 4) is 0 Å². The lowest BCUT2D eigenvalue weighted by Crippen LogP contribution is -2.08. The number of sulfone groups is 1. The minimum absolute atomic E-state index is 0.101. The molecule has 0 bridgehead atoms. The van der Waals surface area contributed by atoms with Gasteiger partial charge in [-0.1, -0.05) is 0 Å². The van der Waals surface area contributed by atoms with Crippen molar-refractivity contribution < 1.29 is 22.7 Å². The van der Waals surface area contributed by atoms with Gasteiger partial charge in [0.15, 0.2) is 0 Å². The first-order valence-electron chi connectivity index (χ1n) is 5.06. The van der Waals surface area contributed by atoms with E-state index >= 15 is 0 Å². The molecule has 0 unspecified atom stereocenters. The van der Waals surface area contributed by atoms with E-state index in [-0.39, 0.29) is 16.6 Å². The van der Waals surface area contributed by atoms with Gasteiger partial charge in [0.2, 0.25) is 20.7 Å². The molecule has 96 valence electrons. The Morgan fingerprint density at radius 1 is 1.33 bits per heavy atom. The van der Waals surface area contributed by atoms with Gasteiger partial charge in [-0.3, -0.25) is 0 Å². The van der Waals surface area contributed by atoms with Crippen LogP contribution in [0, 0.1) is 0 Å². The lowest BCUT2D eigenvalue weighted by molar-refractivity contribution is 0.0656. The van der Waals surface area contributed by atoms with E-state index in [9.17, 15) is 13.2 Å². The summed E-state index contributed by atoms with van der Waals surface area (Å²) in [4.78, 5) is 10.6. The molecular weight excluding hydrogens is 276 g/mol. The predicted molar refractivity (Wildman–Crippen MR) is 65.7 cm³/mol. The summed E-state index contributed by atoms with van der Waals surface area (Å²) in [5.74, 6) is -1.76. The van der Waals surface area contributed by atoms with Crippen LogP contribution in [0.1, 0.15) is 16.1 Å². The van der Waals surface area contributed by atoms with Crippen LogP contribution in [0.2, 0.25) is 0 Å². The lowest BCUT2D eigenvalue weighted by atomic mass is 10.3. The predicted octanol–water partition coefficient (Wildman–Crippen LogP) is 2.06. The van der Waals surface area contributed by atoms with Crippen molar-refractivity contribution in [3.63, 3.8) is 0 Å². The molecule has 2 rings (SSSR count). The van der Waals surface area contributed by atoms with Gasteiger partial charge in [-0.05, 0) is 40.9 Å². The van der Waals surface area contributed by atoms with Gasteiger partial charge in [0.25, 0.3) is 0 Å². The summed E-state index contributed by atoms with van der Waals surface area (Å²) in [5.41, 5.74) is 0.939. The Morgan fingerprint density at radius 3 is 2.67 bits per heavy atom. The Morgan fingerprint density at radius 2 is 2.11 bits per heavy atom. The summed E-state index contributed by atoms with van der Waals surface area (Å²) >= 11 is 1.50. The standard InChI is InChI=1S/C11H10O5S2/c12-11(13)9-1-2-10(16-9)18(14,15)6-4-8-3-5-17-7-8/h1-3,5,7H,4,6H2,(H,12,13). The molecule has 0 atom stereocenters. The number of carbonyl (C=O) groups is 1. The zero-order valence-corrected chi connectivity index (χ0v) is 10.8. The SMILES string of the molecule is O=C(O)c1ccc(S(=O)(=O)CCc2ccsc2)o1. The molecule has 5 nitrogen and oxygen atoms in total. The van der Waals surface area contributed by atoms with Gasteiger partial charge in [0, 0.05) is 0 Å². The van der Waals surface area contributed by atoms with Crippen LogP contribution in [0.3, 0.4) is 0 Å². The van der Waals surface area contributed by atoms with E-state index < -0.39 is 15.8 Å². The third-order valence-corrected chi connectivity index (χ3v) is 4.64. The highest BCUT2D eigenvalue weighted by atomic mass is 32.2. The van der Waals surface area contributed by atoms with E-state index in [1.165, 1.54) is 17.4 Å². The van der Waals surface area contributed by atoms with Crippen LogP contribution >= 0.6 is 11.3 Å². The second-order valence-corrected chi connectivity index (χ2v) is 6.44. The lowest BCUT2D eigenvalue weighted by Gasteiger charge is -1.99. The molecule has 2 heterocycles. The first-order valence-corrected chi connectivity index (χ1v) is 7.65. The molecule has 0 aliphatic rings. The normalized spacial score (nSPS) is 11.6. The third kappa shape index (κ3) is 2.80. The highest BCUT2D eigenvalue weighted by molar-refractivity contribution is 7.91. The molecule has 0 saturated carbocycles. The fourth-order valence-electron chi connectivity index (χ4n) is 1.39. The number of rotatable bonds is 5. The van der Waals surface area contributed by atoms with E-state index in [2.05, 4.69) is 0 Å². The number of furan rings is 1. The molecule has 0 amide bonds. The Bertz CT molecular complexity index is 637. The van der Waals surface area contributed by atoms with Gasteiger partial charge in [0.1, 0.15) is 0 Å². The van der Waals surface area contributed by atoms with Crippen LogP contribution in [-0.4, -0.2) is 25.2 Å². The maximum Gasteiger partial charge on any atom is 0.371 e. The van der Waals surface area contributed by atoms with Gasteiger partial charge in [-0.25, -0.2) is 13.2 Å². The van der Waals surface area contributed by atoms with Gasteiger partial charge < -0.3 is 9.52 Å². The summed E-state index contributed by atoms with van der Waals surface area (Å²) in [6.07, 6.45) is 0.384. The van der Waals surface area contributed by atoms with Crippen molar-refractivity contribution in [3.05, 3.63) is 40.3 Å². The van der Waals surface area contributed by atoms with Crippen molar-refractivity contribution in [1.29, 1.82) is 0 Å². The Labute approximate surface area is 108 Å². The van der Waals surface area contributed by atoms with Crippen molar-refractivity contribution in [1.82, 2.24) is 0 Å². The zero-order valence-electron chi connectivity index (χ0n) is 9.20. The third-order valence-electron chi connectivity index (χ3n) is 2.34. The van der Waals surface area contributed by atoms with E-state index in [1.54, 1.807) is 0 Å². The maximum atomic E-state index is 11.9. The Hall–Kier alpha value is -1.60. The topological polar surface area (TPSA) is 84.6 Å². The molecular formula is C11H10O5S2. The van der Waals surface area contributed by atoms with Gasteiger partial charge in [0.05, 0.1) is 5.75 Å². The van der Waals surface area contributed by atoms with Crippen LogP contribution in [0.15, 0.2) is 38.5 Å². The molecule has 1 N–H and O–H groups in total. The summed E-state index contributed by atoms with van der Waals surface area (Å²) in [6.45, 7) is 0. The first-order chi connectivity index (χ1) is 8.49. The molecule has 7 heteroatoms. The summed E-state index contributed by atoms with van der Waals surface area (Å²) in [6, 6.07) is 4.16. The Balaban J connectivity index is 2.12. The van der Waals surface area contributed by atoms with Crippen molar-refractivity contribution in [2.45, 2.75) is 11.5 Å². The minimum atomic E-state index is -3.57. The Kier molecular flexibility index (Phi) is 3.53. The fraction of sp³-hybridized carbons (Fsp3) is 0.182. The number of aryl methyl sites for hydroxylation is 1. The summed E-state index contributed by atoms with van der Waals surface area (Å²) < 4.78 is 28.6. The molecule has 0 spiro atoms. The first kappa shape index (κ1) is 12.8. The van der Waals surface area contributed by atoms with Crippen molar-refractivity contribution >= 4 is 27.1 Å². The molecule has 0 aromatic carbocycles. The summed E-state index contributed by atoms with van der Waals surface area (Å²) in [5, 5.41) is 12.1. The molecule has 0 aliphatic heterocycles. The van der Waals surface area contributed by atoms with Crippen LogP contribution in [-0.2, 0) is 16.3 Å². The van der Waals surface area contributed by atoms with Gasteiger partial charge in [-0.2, -0.15) is 11.3 Å². The molecule has 0 saturated heterocycles. The monoisotopic (exact) mass is 286 g/mol. The fourth-order valence-corrected chi connectivity index (χ4v) is 3.29. The van der Waals surface area contributed by atoms with Crippen LogP contribution in [0.5, 0.6) is 0 Å². The average molecular weight is 286 g/mol.